The third-order valence-electron chi connectivity index (χ3n) is 7.34. The Morgan fingerprint density at radius 2 is 1.74 bits per heavy atom. The summed E-state index contributed by atoms with van der Waals surface area (Å²) >= 11 is 0. The van der Waals surface area contributed by atoms with Crippen molar-refractivity contribution in [3.63, 3.8) is 0 Å². The normalized spacial score (nSPS) is 17.7. The summed E-state index contributed by atoms with van der Waals surface area (Å²) in [5.41, 5.74) is 14.3. The number of nitrogen functional groups attached to an aromatic ring is 2. The fourth-order valence-corrected chi connectivity index (χ4v) is 4.99. The minimum atomic E-state index is -0.461. The zero-order valence-corrected chi connectivity index (χ0v) is 22.8. The van der Waals surface area contributed by atoms with Crippen LogP contribution in [-0.4, -0.2) is 18.5 Å². The van der Waals surface area contributed by atoms with Crippen LogP contribution in [0, 0.1) is 11.8 Å². The van der Waals surface area contributed by atoms with Crippen molar-refractivity contribution in [1.82, 2.24) is 0 Å². The lowest BCUT2D eigenvalue weighted by molar-refractivity contribution is -0.140. The molecule has 0 heterocycles. The van der Waals surface area contributed by atoms with Gasteiger partial charge in [-0.25, -0.2) is 4.79 Å². The summed E-state index contributed by atoms with van der Waals surface area (Å²) in [4.78, 5) is 24.9. The van der Waals surface area contributed by atoms with Crippen LogP contribution in [0.4, 0.5) is 11.4 Å². The molecular formula is C32H42N2O4. The molecule has 0 aromatic heterocycles. The Kier molecular flexibility index (Phi) is 10.6. The average molecular weight is 519 g/mol. The van der Waals surface area contributed by atoms with Gasteiger partial charge in [-0.15, -0.1) is 6.58 Å². The number of allylic oxidation sites excluding steroid dienone is 1. The number of carbonyl (C=O) groups excluding carboxylic acids is 2. The highest BCUT2D eigenvalue weighted by Crippen LogP contribution is 2.33. The molecule has 6 heteroatoms. The SMILES string of the molecule is C=CCCCCC1CCC(C(=O)Oc2ccc(C=CC(=O)OCC(C)(C)c3ccc(N)cc3N)cc2)CC1. The van der Waals surface area contributed by atoms with Gasteiger partial charge in [0.05, 0.1) is 5.92 Å². The van der Waals surface area contributed by atoms with Gasteiger partial charge in [0.1, 0.15) is 12.4 Å². The molecule has 6 nitrogen and oxygen atoms in total. The van der Waals surface area contributed by atoms with E-state index in [0.717, 1.165) is 49.1 Å². The van der Waals surface area contributed by atoms with E-state index in [1.807, 2.05) is 38.1 Å². The van der Waals surface area contributed by atoms with Crippen molar-refractivity contribution < 1.29 is 19.1 Å². The molecule has 0 radical (unpaired) electrons. The highest BCUT2D eigenvalue weighted by atomic mass is 16.5. The highest BCUT2D eigenvalue weighted by Gasteiger charge is 2.27. The molecule has 0 saturated heterocycles. The van der Waals surface area contributed by atoms with Crippen LogP contribution in [0.3, 0.4) is 0 Å². The van der Waals surface area contributed by atoms with Crippen molar-refractivity contribution in [3.05, 3.63) is 72.3 Å². The highest BCUT2D eigenvalue weighted by molar-refractivity contribution is 5.87. The first-order valence-electron chi connectivity index (χ1n) is 13.6. The average Bonchev–Trinajstić information content (AvgIpc) is 2.89. The summed E-state index contributed by atoms with van der Waals surface area (Å²) < 4.78 is 11.1. The number of hydrogen-bond acceptors (Lipinski definition) is 6. The molecule has 0 bridgehead atoms. The Labute approximate surface area is 227 Å². The molecule has 1 saturated carbocycles. The van der Waals surface area contributed by atoms with E-state index in [4.69, 9.17) is 20.9 Å². The Morgan fingerprint density at radius 1 is 1.03 bits per heavy atom. The standard InChI is InChI=1S/C32H42N2O4/c1-4-5-6-7-8-23-9-14-25(15-10-23)31(36)38-27-17-11-24(12-18-27)13-20-30(35)37-22-32(2,3)28-19-16-26(33)21-29(28)34/h4,11-13,16-21,23,25H,1,5-10,14-15,22,33-34H2,2-3H3. The Morgan fingerprint density at radius 3 is 2.39 bits per heavy atom. The van der Waals surface area contributed by atoms with Gasteiger partial charge in [0.15, 0.2) is 0 Å². The van der Waals surface area contributed by atoms with Gasteiger partial charge in [0.2, 0.25) is 0 Å². The zero-order chi connectivity index (χ0) is 27.5. The second-order valence-electron chi connectivity index (χ2n) is 11.0. The first-order chi connectivity index (χ1) is 18.2. The van der Waals surface area contributed by atoms with Crippen LogP contribution in [-0.2, 0) is 19.7 Å². The van der Waals surface area contributed by atoms with Crippen LogP contribution in [0.1, 0.15) is 76.3 Å². The van der Waals surface area contributed by atoms with Gasteiger partial charge in [0.25, 0.3) is 0 Å². The molecule has 0 spiro atoms. The first kappa shape index (κ1) is 29.0. The van der Waals surface area contributed by atoms with Gasteiger partial charge in [-0.3, -0.25) is 4.79 Å². The minimum absolute atomic E-state index is 0.0263. The molecule has 1 aliphatic carbocycles. The van der Waals surface area contributed by atoms with E-state index >= 15 is 0 Å². The monoisotopic (exact) mass is 518 g/mol. The number of unbranched alkanes of at least 4 members (excludes halogenated alkanes) is 2. The predicted octanol–water partition coefficient (Wildman–Crippen LogP) is 6.84. The van der Waals surface area contributed by atoms with E-state index in [9.17, 15) is 9.59 Å². The van der Waals surface area contributed by atoms with E-state index in [2.05, 4.69) is 6.58 Å². The van der Waals surface area contributed by atoms with E-state index < -0.39 is 11.4 Å². The topological polar surface area (TPSA) is 105 Å². The van der Waals surface area contributed by atoms with Crippen LogP contribution in [0.5, 0.6) is 5.75 Å². The summed E-state index contributed by atoms with van der Waals surface area (Å²) in [6, 6.07) is 12.5. The van der Waals surface area contributed by atoms with Crippen LogP contribution >= 0.6 is 0 Å². The van der Waals surface area contributed by atoms with Crippen molar-refractivity contribution in [2.24, 2.45) is 11.8 Å². The van der Waals surface area contributed by atoms with Crippen molar-refractivity contribution >= 4 is 29.4 Å². The molecule has 0 atom stereocenters. The molecule has 4 N–H and O–H groups in total. The van der Waals surface area contributed by atoms with Crippen LogP contribution < -0.4 is 16.2 Å². The van der Waals surface area contributed by atoms with Gasteiger partial charge in [0, 0.05) is 22.9 Å². The van der Waals surface area contributed by atoms with Gasteiger partial charge >= 0.3 is 11.9 Å². The number of carbonyl (C=O) groups is 2. The predicted molar refractivity (Wildman–Crippen MR) is 154 cm³/mol. The summed E-state index contributed by atoms with van der Waals surface area (Å²) in [6.07, 6.45) is 13.8. The third-order valence-corrected chi connectivity index (χ3v) is 7.34. The summed E-state index contributed by atoms with van der Waals surface area (Å²) in [5, 5.41) is 0. The molecule has 0 amide bonds. The van der Waals surface area contributed by atoms with Crippen molar-refractivity contribution in [1.29, 1.82) is 0 Å². The zero-order valence-electron chi connectivity index (χ0n) is 22.8. The van der Waals surface area contributed by atoms with Gasteiger partial charge < -0.3 is 20.9 Å². The molecule has 2 aromatic carbocycles. The second-order valence-corrected chi connectivity index (χ2v) is 11.0. The smallest absolute Gasteiger partial charge is 0.330 e. The van der Waals surface area contributed by atoms with Crippen molar-refractivity contribution in [3.8, 4) is 5.75 Å². The van der Waals surface area contributed by atoms with Gasteiger partial charge in [-0.05, 0) is 85.9 Å². The summed E-state index contributed by atoms with van der Waals surface area (Å²) in [7, 11) is 0. The summed E-state index contributed by atoms with van der Waals surface area (Å²) in [6.45, 7) is 7.88. The lowest BCUT2D eigenvalue weighted by Crippen LogP contribution is -2.27. The molecular weight excluding hydrogens is 476 g/mol. The Balaban J connectivity index is 1.42. The van der Waals surface area contributed by atoms with E-state index in [1.54, 1.807) is 30.3 Å². The van der Waals surface area contributed by atoms with E-state index in [1.165, 1.54) is 25.3 Å². The molecule has 1 fully saturated rings. The first-order valence-corrected chi connectivity index (χ1v) is 13.6. The molecule has 0 unspecified atom stereocenters. The fraction of sp³-hybridized carbons (Fsp3) is 0.438. The largest absolute Gasteiger partial charge is 0.462 e. The molecule has 38 heavy (non-hydrogen) atoms. The number of rotatable bonds is 12. The molecule has 0 aliphatic heterocycles. The van der Waals surface area contributed by atoms with Crippen LogP contribution in [0.2, 0.25) is 0 Å². The number of nitrogens with two attached hydrogens (primary N) is 2. The maximum Gasteiger partial charge on any atom is 0.330 e. The van der Waals surface area contributed by atoms with Crippen molar-refractivity contribution in [2.45, 2.75) is 70.6 Å². The second kappa shape index (κ2) is 13.8. The number of ether oxygens (including phenoxy) is 2. The summed E-state index contributed by atoms with van der Waals surface area (Å²) in [5.74, 6) is 0.625. The maximum absolute atomic E-state index is 12.6. The molecule has 1 aliphatic rings. The molecule has 2 aromatic rings. The minimum Gasteiger partial charge on any atom is -0.462 e. The van der Waals surface area contributed by atoms with Crippen LogP contribution in [0.25, 0.3) is 6.08 Å². The maximum atomic E-state index is 12.6. The van der Waals surface area contributed by atoms with E-state index in [0.29, 0.717) is 17.1 Å². The molecule has 3 rings (SSSR count). The fourth-order valence-electron chi connectivity index (χ4n) is 4.99. The molecule has 204 valence electrons. The number of esters is 2. The van der Waals surface area contributed by atoms with Gasteiger partial charge in [-0.1, -0.05) is 51.0 Å². The van der Waals surface area contributed by atoms with Crippen molar-refractivity contribution in [2.75, 3.05) is 18.1 Å². The number of benzene rings is 2. The lowest BCUT2D eigenvalue weighted by Gasteiger charge is -2.27. The number of hydrogen-bond donors (Lipinski definition) is 2. The Bertz CT molecular complexity index is 1110. The Hall–Kier alpha value is -3.54. The van der Waals surface area contributed by atoms with Crippen LogP contribution in [0.15, 0.2) is 61.2 Å². The number of anilines is 2. The van der Waals surface area contributed by atoms with E-state index in [-0.39, 0.29) is 18.5 Å². The lowest BCUT2D eigenvalue weighted by atomic mass is 9.80. The van der Waals surface area contributed by atoms with Gasteiger partial charge in [-0.2, -0.15) is 0 Å². The quantitative estimate of drug-likeness (QED) is 0.0796. The third kappa shape index (κ3) is 8.79.